The molecule has 84 valence electrons. The Morgan fingerprint density at radius 1 is 0.938 bits per heavy atom. The van der Waals surface area contributed by atoms with Gasteiger partial charge in [0.2, 0.25) is 0 Å². The molecule has 16 heavy (non-hydrogen) atoms. The molecule has 3 atom stereocenters. The molecule has 3 aliphatic heterocycles. The van der Waals surface area contributed by atoms with Crippen molar-refractivity contribution in [3.63, 3.8) is 0 Å². The van der Waals surface area contributed by atoms with Crippen LogP contribution in [0.3, 0.4) is 0 Å². The summed E-state index contributed by atoms with van der Waals surface area (Å²) in [5.74, 6) is 0.849. The first-order valence-electron chi connectivity index (χ1n) is 6.80. The summed E-state index contributed by atoms with van der Waals surface area (Å²) in [4.78, 5) is 2.82. The van der Waals surface area contributed by atoms with Crippen molar-refractivity contribution >= 4 is 0 Å². The summed E-state index contributed by atoms with van der Waals surface area (Å²) in [7, 11) is 0. The van der Waals surface area contributed by atoms with Crippen LogP contribution in [0, 0.1) is 0 Å². The van der Waals surface area contributed by atoms with Gasteiger partial charge in [-0.2, -0.15) is 0 Å². The summed E-state index contributed by atoms with van der Waals surface area (Å²) in [6, 6.07) is 10.8. The maximum absolute atomic E-state index is 2.82. The van der Waals surface area contributed by atoms with Crippen molar-refractivity contribution in [3.8, 4) is 0 Å². The Kier molecular flexibility index (Phi) is 1.92. The van der Waals surface area contributed by atoms with E-state index in [1.165, 1.54) is 38.6 Å². The summed E-state index contributed by atoms with van der Waals surface area (Å²) in [6.07, 6.45) is 7.14. The minimum Gasteiger partial charge on any atom is -0.293 e. The van der Waals surface area contributed by atoms with E-state index in [0.29, 0.717) is 0 Å². The Morgan fingerprint density at radius 2 is 1.81 bits per heavy atom. The lowest BCUT2D eigenvalue weighted by atomic mass is 9.68. The number of rotatable bonds is 0. The molecule has 5 rings (SSSR count). The van der Waals surface area contributed by atoms with Crippen LogP contribution in [-0.4, -0.2) is 17.5 Å². The molecular weight excluding hydrogens is 194 g/mol. The molecule has 1 aliphatic carbocycles. The molecular formula is C15H19N. The first-order valence-corrected chi connectivity index (χ1v) is 6.80. The fourth-order valence-corrected chi connectivity index (χ4v) is 4.34. The monoisotopic (exact) mass is 213 g/mol. The van der Waals surface area contributed by atoms with Gasteiger partial charge in [0.15, 0.2) is 0 Å². The Labute approximate surface area is 97.5 Å². The standard InChI is InChI=1S/C15H19N/c1-2-6-12-11(5-1)13-8-9-15(12)16-10-4-3-7-14(13)16/h1-2,5-6,13-15H,3-4,7-10H2/t13-,14?,15+/m0/s1. The highest BCUT2D eigenvalue weighted by atomic mass is 15.2. The lowest BCUT2D eigenvalue weighted by Gasteiger charge is -2.54. The predicted octanol–water partition coefficient (Wildman–Crippen LogP) is 3.47. The van der Waals surface area contributed by atoms with E-state index in [2.05, 4.69) is 29.2 Å². The average molecular weight is 213 g/mol. The number of hydrogen-bond donors (Lipinski definition) is 0. The normalized spacial score (nSPS) is 36.9. The molecule has 1 heteroatoms. The second-order valence-electron chi connectivity index (χ2n) is 5.63. The van der Waals surface area contributed by atoms with E-state index in [0.717, 1.165) is 18.0 Å². The van der Waals surface area contributed by atoms with Crippen molar-refractivity contribution in [1.29, 1.82) is 0 Å². The lowest BCUT2D eigenvalue weighted by molar-refractivity contribution is 0.0195. The highest BCUT2D eigenvalue weighted by molar-refractivity contribution is 5.39. The van der Waals surface area contributed by atoms with Gasteiger partial charge in [-0.3, -0.25) is 4.90 Å². The topological polar surface area (TPSA) is 3.24 Å². The summed E-state index contributed by atoms with van der Waals surface area (Å²) >= 11 is 0. The van der Waals surface area contributed by atoms with Crippen molar-refractivity contribution in [2.24, 2.45) is 0 Å². The minimum atomic E-state index is 0.756. The van der Waals surface area contributed by atoms with Gasteiger partial charge in [-0.25, -0.2) is 0 Å². The Balaban J connectivity index is 1.85. The highest BCUT2D eigenvalue weighted by Crippen LogP contribution is 2.52. The zero-order chi connectivity index (χ0) is 10.5. The van der Waals surface area contributed by atoms with Gasteiger partial charge >= 0.3 is 0 Å². The van der Waals surface area contributed by atoms with Crippen LogP contribution in [0.5, 0.6) is 0 Å². The third kappa shape index (κ3) is 1.10. The van der Waals surface area contributed by atoms with Crippen LogP contribution in [0.4, 0.5) is 0 Å². The van der Waals surface area contributed by atoms with Gasteiger partial charge in [0.1, 0.15) is 0 Å². The molecule has 1 aromatic carbocycles. The molecule has 0 aromatic heterocycles. The Morgan fingerprint density at radius 3 is 2.75 bits per heavy atom. The van der Waals surface area contributed by atoms with Crippen LogP contribution < -0.4 is 0 Å². The van der Waals surface area contributed by atoms with Gasteiger partial charge in [0, 0.05) is 12.1 Å². The van der Waals surface area contributed by atoms with E-state index in [-0.39, 0.29) is 0 Å². The molecule has 2 bridgehead atoms. The maximum atomic E-state index is 2.82. The molecule has 0 amide bonds. The molecule has 1 nitrogen and oxygen atoms in total. The zero-order valence-corrected chi connectivity index (χ0v) is 9.73. The van der Waals surface area contributed by atoms with Gasteiger partial charge in [-0.05, 0) is 49.3 Å². The minimum absolute atomic E-state index is 0.756. The third-order valence-electron chi connectivity index (χ3n) is 4.96. The fourth-order valence-electron chi connectivity index (χ4n) is 4.34. The van der Waals surface area contributed by atoms with E-state index in [1.807, 2.05) is 0 Å². The fraction of sp³-hybridized carbons (Fsp3) is 0.600. The van der Waals surface area contributed by atoms with Crippen LogP contribution in [0.2, 0.25) is 0 Å². The van der Waals surface area contributed by atoms with Crippen LogP contribution in [0.1, 0.15) is 55.2 Å². The molecule has 0 saturated carbocycles. The third-order valence-corrected chi connectivity index (χ3v) is 4.96. The van der Waals surface area contributed by atoms with Crippen molar-refractivity contribution in [1.82, 2.24) is 4.90 Å². The number of nitrogens with zero attached hydrogens (tertiary/aromatic N) is 1. The summed E-state index contributed by atoms with van der Waals surface area (Å²) in [5, 5.41) is 0. The van der Waals surface area contributed by atoms with E-state index < -0.39 is 0 Å². The quantitative estimate of drug-likeness (QED) is 0.638. The van der Waals surface area contributed by atoms with Crippen molar-refractivity contribution in [3.05, 3.63) is 35.4 Å². The maximum Gasteiger partial charge on any atom is 0.0354 e. The molecule has 3 heterocycles. The van der Waals surface area contributed by atoms with Crippen molar-refractivity contribution < 1.29 is 0 Å². The second kappa shape index (κ2) is 3.33. The Hall–Kier alpha value is -0.820. The highest BCUT2D eigenvalue weighted by Gasteiger charge is 2.45. The van der Waals surface area contributed by atoms with Crippen LogP contribution in [-0.2, 0) is 0 Å². The molecule has 0 spiro atoms. The number of fused-ring (bicyclic) bond motifs is 1. The van der Waals surface area contributed by atoms with Gasteiger partial charge in [-0.1, -0.05) is 30.7 Å². The van der Waals surface area contributed by atoms with Crippen LogP contribution in [0.25, 0.3) is 0 Å². The van der Waals surface area contributed by atoms with Crippen LogP contribution >= 0.6 is 0 Å². The Bertz CT molecular complexity index is 373. The van der Waals surface area contributed by atoms with Crippen molar-refractivity contribution in [2.45, 2.75) is 50.1 Å². The van der Waals surface area contributed by atoms with Gasteiger partial charge < -0.3 is 0 Å². The zero-order valence-electron chi connectivity index (χ0n) is 9.73. The van der Waals surface area contributed by atoms with E-state index in [4.69, 9.17) is 0 Å². The molecule has 4 aliphatic rings. The molecule has 1 unspecified atom stereocenters. The number of benzene rings is 1. The number of hydrogen-bond acceptors (Lipinski definition) is 1. The first-order chi connectivity index (χ1) is 7.95. The molecule has 0 radical (unpaired) electrons. The van der Waals surface area contributed by atoms with Gasteiger partial charge in [0.05, 0.1) is 0 Å². The lowest BCUT2D eigenvalue weighted by Crippen LogP contribution is -2.52. The SMILES string of the molecule is c1ccc2c(c1)[C@H]1CC[C@@H]2C2CCCCN21. The molecule has 2 saturated heterocycles. The molecule has 2 fully saturated rings. The summed E-state index contributed by atoms with van der Waals surface area (Å²) in [6.45, 7) is 1.35. The number of piperidine rings is 2. The predicted molar refractivity (Wildman–Crippen MR) is 65.5 cm³/mol. The molecule has 1 aromatic rings. The average Bonchev–Trinajstić information content (AvgIpc) is 2.40. The van der Waals surface area contributed by atoms with E-state index >= 15 is 0 Å². The molecule has 0 N–H and O–H groups in total. The second-order valence-corrected chi connectivity index (χ2v) is 5.63. The van der Waals surface area contributed by atoms with Gasteiger partial charge in [0.25, 0.3) is 0 Å². The van der Waals surface area contributed by atoms with Crippen molar-refractivity contribution in [2.75, 3.05) is 6.54 Å². The smallest absolute Gasteiger partial charge is 0.0354 e. The first kappa shape index (κ1) is 9.23. The van der Waals surface area contributed by atoms with Gasteiger partial charge in [-0.15, -0.1) is 0 Å². The largest absolute Gasteiger partial charge is 0.293 e. The van der Waals surface area contributed by atoms with E-state index in [1.54, 1.807) is 11.1 Å². The van der Waals surface area contributed by atoms with E-state index in [9.17, 15) is 0 Å². The summed E-state index contributed by atoms with van der Waals surface area (Å²) in [5.41, 5.74) is 3.33. The summed E-state index contributed by atoms with van der Waals surface area (Å²) < 4.78 is 0. The van der Waals surface area contributed by atoms with Crippen LogP contribution in [0.15, 0.2) is 24.3 Å².